The molecule has 0 unspecified atom stereocenters. The summed E-state index contributed by atoms with van der Waals surface area (Å²) in [4.78, 5) is 62.5. The van der Waals surface area contributed by atoms with Crippen LogP contribution in [0.2, 0.25) is 10.0 Å². The molecule has 0 saturated heterocycles. The van der Waals surface area contributed by atoms with E-state index in [1.807, 2.05) is 4.98 Å². The van der Waals surface area contributed by atoms with Gasteiger partial charge in [-0.1, -0.05) is 23.2 Å². The van der Waals surface area contributed by atoms with Crippen molar-refractivity contribution in [2.24, 2.45) is 5.73 Å². The Hall–Kier alpha value is -2.89. The molecule has 1 aromatic heterocycles. The van der Waals surface area contributed by atoms with Crippen molar-refractivity contribution >= 4 is 52.0 Å². The maximum Gasteiger partial charge on any atom is 0.340 e. The zero-order chi connectivity index (χ0) is 23.7. The monoisotopic (exact) mass is 474 g/mol. The Balaban J connectivity index is 2.31. The zero-order valence-electron chi connectivity index (χ0n) is 16.7. The molecule has 0 spiro atoms. The fourth-order valence-corrected chi connectivity index (χ4v) is 3.10. The van der Waals surface area contributed by atoms with Gasteiger partial charge in [-0.15, -0.1) is 0 Å². The summed E-state index contributed by atoms with van der Waals surface area (Å²) in [5, 5.41) is 11.6. The molecule has 0 radical (unpaired) electrons. The Morgan fingerprint density at radius 1 is 1.23 bits per heavy atom. The number of carbonyl (C=O) groups is 3. The van der Waals surface area contributed by atoms with Gasteiger partial charge in [0.2, 0.25) is 11.4 Å². The second-order valence-corrected chi connectivity index (χ2v) is 8.53. The van der Waals surface area contributed by atoms with E-state index in [2.05, 4.69) is 5.32 Å². The average Bonchev–Trinajstić information content (AvgIpc) is 2.60. The van der Waals surface area contributed by atoms with Crippen molar-refractivity contribution in [2.75, 3.05) is 6.54 Å². The molecule has 2 aromatic rings. The summed E-state index contributed by atoms with van der Waals surface area (Å²) in [6.07, 6.45) is 0. The van der Waals surface area contributed by atoms with Gasteiger partial charge in [-0.25, -0.2) is 14.4 Å². The molecule has 1 amide bonds. The van der Waals surface area contributed by atoms with Gasteiger partial charge < -0.3 is 20.9 Å². The standard InChI is InChI=1S/C18H20Cl2N4O7/c1-17(2,3)31-15(29)18(21,14(27)28)7-22-11(25)6-24-10-5-8(19)4-9(20)12(10)13(26)23-16(24)30/h4-5H,6-7,21H2,1-3H3,(H,22,25)(H,27,28)(H,23,26,30)/t18-/m0/s1. The van der Waals surface area contributed by atoms with Crippen LogP contribution in [-0.2, 0) is 25.7 Å². The number of rotatable bonds is 6. The lowest BCUT2D eigenvalue weighted by Gasteiger charge is -2.28. The highest BCUT2D eigenvalue weighted by atomic mass is 35.5. The minimum Gasteiger partial charge on any atom is -0.479 e. The van der Waals surface area contributed by atoms with Crippen molar-refractivity contribution in [1.82, 2.24) is 14.9 Å². The third-order valence-corrected chi connectivity index (χ3v) is 4.54. The van der Waals surface area contributed by atoms with Crippen LogP contribution in [0.5, 0.6) is 0 Å². The van der Waals surface area contributed by atoms with E-state index in [1.165, 1.54) is 32.9 Å². The number of hydrogen-bond acceptors (Lipinski definition) is 7. The first-order valence-electron chi connectivity index (χ1n) is 8.80. The van der Waals surface area contributed by atoms with Gasteiger partial charge in [-0.2, -0.15) is 0 Å². The van der Waals surface area contributed by atoms with Gasteiger partial charge in [0.25, 0.3) is 5.56 Å². The summed E-state index contributed by atoms with van der Waals surface area (Å²) in [7, 11) is 0. The number of aromatic amines is 1. The highest BCUT2D eigenvalue weighted by Gasteiger charge is 2.46. The first kappa shape index (κ1) is 24.4. The molecule has 1 atom stereocenters. The smallest absolute Gasteiger partial charge is 0.340 e. The number of carboxylic acids is 1. The van der Waals surface area contributed by atoms with Crippen LogP contribution in [0.4, 0.5) is 0 Å². The summed E-state index contributed by atoms with van der Waals surface area (Å²) >= 11 is 12.0. The van der Waals surface area contributed by atoms with Crippen molar-refractivity contribution in [1.29, 1.82) is 0 Å². The number of carboxylic acid groups (broad SMARTS) is 1. The minimum atomic E-state index is -2.56. The lowest BCUT2D eigenvalue weighted by Crippen LogP contribution is -2.63. The van der Waals surface area contributed by atoms with Gasteiger partial charge in [0.15, 0.2) is 0 Å². The number of fused-ring (bicyclic) bond motifs is 1. The Morgan fingerprint density at radius 3 is 2.39 bits per heavy atom. The predicted molar refractivity (Wildman–Crippen MR) is 112 cm³/mol. The normalized spacial score (nSPS) is 13.5. The minimum absolute atomic E-state index is 0.00853. The van der Waals surface area contributed by atoms with Gasteiger partial charge in [-0.3, -0.25) is 19.1 Å². The molecular formula is C18H20Cl2N4O7. The maximum atomic E-state index is 12.4. The lowest BCUT2D eigenvalue weighted by atomic mass is 10.0. The number of nitrogens with zero attached hydrogens (tertiary/aromatic N) is 1. The van der Waals surface area contributed by atoms with E-state index in [0.717, 1.165) is 4.57 Å². The number of nitrogens with one attached hydrogen (secondary N) is 2. The van der Waals surface area contributed by atoms with Gasteiger partial charge in [-0.05, 0) is 32.9 Å². The molecule has 0 fully saturated rings. The molecular weight excluding hydrogens is 455 g/mol. The first-order valence-corrected chi connectivity index (χ1v) is 9.55. The highest BCUT2D eigenvalue weighted by molar-refractivity contribution is 6.38. The Kier molecular flexibility index (Phi) is 6.84. The molecule has 13 heteroatoms. The number of carbonyl (C=O) groups excluding carboxylic acids is 2. The summed E-state index contributed by atoms with van der Waals surface area (Å²) in [5.41, 5.74) is 0.402. The third kappa shape index (κ3) is 5.43. The first-order chi connectivity index (χ1) is 14.2. The third-order valence-electron chi connectivity index (χ3n) is 4.03. The van der Waals surface area contributed by atoms with Crippen LogP contribution >= 0.6 is 23.2 Å². The Labute approximate surface area is 185 Å². The van der Waals surface area contributed by atoms with Gasteiger partial charge in [0.05, 0.1) is 22.5 Å². The second-order valence-electron chi connectivity index (χ2n) is 7.68. The van der Waals surface area contributed by atoms with E-state index >= 15 is 0 Å². The number of ether oxygens (including phenoxy) is 1. The van der Waals surface area contributed by atoms with Crippen LogP contribution in [0.3, 0.4) is 0 Å². The molecule has 1 aromatic carbocycles. The molecule has 2 rings (SSSR count). The molecule has 11 nitrogen and oxygen atoms in total. The number of amides is 1. The SMILES string of the molecule is CC(C)(C)OC(=O)[C@](N)(CNC(=O)Cn1c(=O)[nH]c(=O)c2c(Cl)cc(Cl)cc21)C(=O)O. The summed E-state index contributed by atoms with van der Waals surface area (Å²) < 4.78 is 5.90. The Morgan fingerprint density at radius 2 is 1.84 bits per heavy atom. The number of H-pyrrole nitrogens is 1. The van der Waals surface area contributed by atoms with E-state index in [0.29, 0.717) is 0 Å². The van der Waals surface area contributed by atoms with E-state index in [9.17, 15) is 29.1 Å². The fraction of sp³-hybridized carbons (Fsp3) is 0.389. The number of nitrogens with two attached hydrogens (primary N) is 1. The van der Waals surface area contributed by atoms with Gasteiger partial charge in [0.1, 0.15) is 12.1 Å². The van der Waals surface area contributed by atoms with Crippen LogP contribution < -0.4 is 22.3 Å². The molecule has 0 bridgehead atoms. The second kappa shape index (κ2) is 8.69. The molecule has 1 heterocycles. The molecule has 0 aliphatic rings. The van der Waals surface area contributed by atoms with Gasteiger partial charge in [0, 0.05) is 5.02 Å². The Bertz CT molecular complexity index is 1180. The quantitative estimate of drug-likeness (QED) is 0.340. The van der Waals surface area contributed by atoms with E-state index in [4.69, 9.17) is 33.7 Å². The highest BCUT2D eigenvalue weighted by Crippen LogP contribution is 2.24. The van der Waals surface area contributed by atoms with E-state index < -0.39 is 53.3 Å². The van der Waals surface area contributed by atoms with Crippen molar-refractivity contribution in [2.45, 2.75) is 38.5 Å². The number of halogens is 2. The molecule has 0 saturated carbocycles. The number of hydrogen-bond donors (Lipinski definition) is 4. The summed E-state index contributed by atoms with van der Waals surface area (Å²) in [5.74, 6) is -3.84. The molecule has 0 aliphatic heterocycles. The average molecular weight is 475 g/mol. The predicted octanol–water partition coefficient (Wildman–Crippen LogP) is 0.237. The maximum absolute atomic E-state index is 12.4. The van der Waals surface area contributed by atoms with Crippen LogP contribution in [0.15, 0.2) is 21.7 Å². The van der Waals surface area contributed by atoms with Crippen LogP contribution in [0.25, 0.3) is 10.9 Å². The van der Waals surface area contributed by atoms with Crippen LogP contribution in [-0.4, -0.2) is 50.2 Å². The molecule has 168 valence electrons. The number of benzene rings is 1. The number of esters is 1. The van der Waals surface area contributed by atoms with Crippen LogP contribution in [0.1, 0.15) is 20.8 Å². The lowest BCUT2D eigenvalue weighted by molar-refractivity contribution is -0.168. The van der Waals surface area contributed by atoms with E-state index in [1.54, 1.807) is 0 Å². The van der Waals surface area contributed by atoms with Gasteiger partial charge >= 0.3 is 17.6 Å². The fourth-order valence-electron chi connectivity index (χ4n) is 2.53. The molecule has 31 heavy (non-hydrogen) atoms. The number of aromatic nitrogens is 2. The number of aliphatic carboxylic acids is 1. The summed E-state index contributed by atoms with van der Waals surface area (Å²) in [6.45, 7) is 3.11. The van der Waals surface area contributed by atoms with Crippen molar-refractivity contribution in [3.63, 3.8) is 0 Å². The van der Waals surface area contributed by atoms with Crippen molar-refractivity contribution in [3.8, 4) is 0 Å². The van der Waals surface area contributed by atoms with Crippen LogP contribution in [0, 0.1) is 0 Å². The molecule has 0 aliphatic carbocycles. The molecule has 5 N–H and O–H groups in total. The van der Waals surface area contributed by atoms with Crippen molar-refractivity contribution < 1.29 is 24.2 Å². The van der Waals surface area contributed by atoms with E-state index in [-0.39, 0.29) is 20.9 Å². The van der Waals surface area contributed by atoms with Crippen molar-refractivity contribution in [3.05, 3.63) is 43.0 Å². The zero-order valence-corrected chi connectivity index (χ0v) is 18.3. The summed E-state index contributed by atoms with van der Waals surface area (Å²) in [6, 6.07) is 2.57. The largest absolute Gasteiger partial charge is 0.479 e. The topological polar surface area (TPSA) is 174 Å².